The third-order valence-electron chi connectivity index (χ3n) is 13.1. The molecule has 3 heterocycles. The molecule has 1 saturated carbocycles. The lowest BCUT2D eigenvalue weighted by Crippen LogP contribution is -2.54. The number of rotatable bonds is 10. The number of aromatic hydroxyl groups is 1. The summed E-state index contributed by atoms with van der Waals surface area (Å²) in [5.41, 5.74) is 3.81. The summed E-state index contributed by atoms with van der Waals surface area (Å²) in [6.45, 7) is 0. The first kappa shape index (κ1) is 45.1. The molecule has 2 N–H and O–H groups in total. The molecule has 18 heteroatoms. The molecule has 0 spiro atoms. The second kappa shape index (κ2) is 17.3. The molecule has 5 aromatic rings. The number of nitrogens with zero attached hydrogens (tertiary/aromatic N) is 6. The van der Waals surface area contributed by atoms with Crippen LogP contribution in [0, 0.1) is 29.6 Å². The standard InChI is InChI=1S/C49H40Cl2F3N7O6/c1-59(2)32-14-10-30(11-15-32)56-57-31-12-16-33(17-13-31)60-44(63)35-19-18-34-36(42(35)46(60)65)24-38-45(64)61(58-43-39(51)23-28(25-55-43)49(52,53)54)47(66)48(38,27-6-8-29(50)9-7-27)37(34)20-4-26-5-21-40(62)41(22-26)67-3/h4-18,20-23,25,35-38,42,62H,19,24H2,1-3H3,(H,55,58)/t35-,36+,37-,38-,42-,48-/m0/s1. The molecule has 2 aliphatic heterocycles. The number of imide groups is 2. The molecule has 9 rings (SSSR count). The zero-order valence-electron chi connectivity index (χ0n) is 35.9. The summed E-state index contributed by atoms with van der Waals surface area (Å²) in [5, 5.41) is 19.6. The van der Waals surface area contributed by atoms with Gasteiger partial charge in [-0.05, 0) is 109 Å². The monoisotopic (exact) mass is 949 g/mol. The minimum absolute atomic E-state index is 0.0639. The number of methoxy groups -OCH3 is 1. The Balaban J connectivity index is 1.11. The van der Waals surface area contributed by atoms with Crippen LogP contribution in [-0.4, -0.2) is 59.9 Å². The molecule has 1 aromatic heterocycles. The number of hydrazine groups is 1. The van der Waals surface area contributed by atoms with Crippen molar-refractivity contribution in [2.75, 3.05) is 36.4 Å². The first-order valence-electron chi connectivity index (χ1n) is 21.1. The second-order valence-electron chi connectivity index (χ2n) is 16.9. The molecule has 2 saturated heterocycles. The number of aromatic nitrogens is 1. The number of alkyl halides is 3. The number of nitrogens with one attached hydrogen (secondary N) is 1. The average Bonchev–Trinajstić information content (AvgIpc) is 3.69. The molecule has 67 heavy (non-hydrogen) atoms. The topological polar surface area (TPSA) is 157 Å². The third kappa shape index (κ3) is 7.86. The predicted molar refractivity (Wildman–Crippen MR) is 245 cm³/mol. The number of benzene rings is 4. The summed E-state index contributed by atoms with van der Waals surface area (Å²) >= 11 is 12.7. The van der Waals surface area contributed by atoms with Crippen molar-refractivity contribution in [2.45, 2.75) is 24.4 Å². The third-order valence-corrected chi connectivity index (χ3v) is 13.6. The Morgan fingerprint density at radius 3 is 2.18 bits per heavy atom. The normalized spacial score (nSPS) is 23.7. The summed E-state index contributed by atoms with van der Waals surface area (Å²) in [7, 11) is 5.27. The summed E-state index contributed by atoms with van der Waals surface area (Å²) < 4.78 is 46.1. The Morgan fingerprint density at radius 2 is 1.55 bits per heavy atom. The Labute approximate surface area is 392 Å². The molecular weight excluding hydrogens is 910 g/mol. The molecule has 4 amide bonds. The highest BCUT2D eigenvalue weighted by Gasteiger charge is 2.69. The molecule has 6 atom stereocenters. The summed E-state index contributed by atoms with van der Waals surface area (Å²) in [6.07, 6.45) is 1.19. The maximum absolute atomic E-state index is 15.4. The van der Waals surface area contributed by atoms with Gasteiger partial charge in [-0.1, -0.05) is 65.2 Å². The summed E-state index contributed by atoms with van der Waals surface area (Å²) in [4.78, 5) is 66.5. The van der Waals surface area contributed by atoms with E-state index in [9.17, 15) is 32.7 Å². The molecule has 0 unspecified atom stereocenters. The Morgan fingerprint density at radius 1 is 0.881 bits per heavy atom. The fourth-order valence-corrected chi connectivity index (χ4v) is 10.2. The highest BCUT2D eigenvalue weighted by atomic mass is 35.5. The van der Waals surface area contributed by atoms with Crippen LogP contribution in [0.3, 0.4) is 0 Å². The lowest BCUT2D eigenvalue weighted by Gasteiger charge is -2.49. The van der Waals surface area contributed by atoms with Crippen LogP contribution in [0.25, 0.3) is 6.08 Å². The first-order chi connectivity index (χ1) is 32.0. The smallest absolute Gasteiger partial charge is 0.417 e. The van der Waals surface area contributed by atoms with Crippen LogP contribution < -0.4 is 20.0 Å². The van der Waals surface area contributed by atoms with Gasteiger partial charge < -0.3 is 14.7 Å². The number of pyridine rings is 1. The van der Waals surface area contributed by atoms with Gasteiger partial charge in [0.1, 0.15) is 0 Å². The van der Waals surface area contributed by atoms with Gasteiger partial charge in [0.2, 0.25) is 11.8 Å². The van der Waals surface area contributed by atoms with Crippen LogP contribution in [0.1, 0.15) is 29.5 Å². The van der Waals surface area contributed by atoms with Crippen molar-refractivity contribution in [3.8, 4) is 11.5 Å². The van der Waals surface area contributed by atoms with Crippen LogP contribution in [0.4, 0.5) is 41.7 Å². The molecule has 0 bridgehead atoms. The zero-order chi connectivity index (χ0) is 47.5. The van der Waals surface area contributed by atoms with Gasteiger partial charge in [0.25, 0.3) is 11.8 Å². The number of phenols is 1. The van der Waals surface area contributed by atoms with E-state index < -0.39 is 75.4 Å². The summed E-state index contributed by atoms with van der Waals surface area (Å²) in [5.74, 6) is -7.33. The fraction of sp³-hybridized carbons (Fsp3) is 0.245. The van der Waals surface area contributed by atoms with Gasteiger partial charge in [0.05, 0.1) is 57.9 Å². The molecule has 4 aliphatic rings. The first-order valence-corrected chi connectivity index (χ1v) is 21.8. The molecule has 13 nitrogen and oxygen atoms in total. The number of hydrogen-bond acceptors (Lipinski definition) is 11. The van der Waals surface area contributed by atoms with Crippen molar-refractivity contribution < 1.29 is 42.2 Å². The lowest BCUT2D eigenvalue weighted by atomic mass is 9.50. The molecule has 342 valence electrons. The number of carbonyl (C=O) groups excluding carboxylic acids is 4. The van der Waals surface area contributed by atoms with Crippen LogP contribution in [0.5, 0.6) is 11.5 Å². The second-order valence-corrected chi connectivity index (χ2v) is 17.7. The molecule has 2 aliphatic carbocycles. The van der Waals surface area contributed by atoms with Crippen LogP contribution in [-0.2, 0) is 30.8 Å². The predicted octanol–water partition coefficient (Wildman–Crippen LogP) is 10.3. The minimum Gasteiger partial charge on any atom is -0.504 e. The van der Waals surface area contributed by atoms with Crippen molar-refractivity contribution in [1.29, 1.82) is 0 Å². The van der Waals surface area contributed by atoms with Gasteiger partial charge in [-0.15, -0.1) is 0 Å². The van der Waals surface area contributed by atoms with Crippen molar-refractivity contribution in [1.82, 2.24) is 9.99 Å². The van der Waals surface area contributed by atoms with Crippen molar-refractivity contribution in [3.05, 3.63) is 148 Å². The number of ether oxygens (including phenoxy) is 1. The molecule has 4 aromatic carbocycles. The van der Waals surface area contributed by atoms with Gasteiger partial charge in [-0.3, -0.25) is 29.5 Å². The number of carbonyl (C=O) groups is 4. The van der Waals surface area contributed by atoms with E-state index in [0.717, 1.165) is 15.6 Å². The molecular formula is C49H40Cl2F3N7O6. The Kier molecular flexibility index (Phi) is 11.7. The summed E-state index contributed by atoms with van der Waals surface area (Å²) in [6, 6.07) is 25.8. The van der Waals surface area contributed by atoms with E-state index in [1.165, 1.54) is 13.2 Å². The van der Waals surface area contributed by atoms with Gasteiger partial charge in [0.15, 0.2) is 17.3 Å². The maximum atomic E-state index is 15.4. The fourth-order valence-electron chi connectivity index (χ4n) is 9.89. The maximum Gasteiger partial charge on any atom is 0.417 e. The Bertz CT molecular complexity index is 2910. The van der Waals surface area contributed by atoms with E-state index in [2.05, 4.69) is 20.6 Å². The average molecular weight is 951 g/mol. The van der Waals surface area contributed by atoms with Crippen molar-refractivity contribution in [2.24, 2.45) is 39.8 Å². The van der Waals surface area contributed by atoms with Crippen molar-refractivity contribution >= 4 is 81.5 Å². The Hall–Kier alpha value is -7.04. The number of hydrogen-bond donors (Lipinski definition) is 2. The number of halogens is 5. The molecule has 0 radical (unpaired) electrons. The number of anilines is 3. The van der Waals surface area contributed by atoms with Crippen molar-refractivity contribution in [3.63, 3.8) is 0 Å². The van der Waals surface area contributed by atoms with Crippen LogP contribution >= 0.6 is 23.2 Å². The van der Waals surface area contributed by atoms with Crippen LogP contribution in [0.15, 0.2) is 131 Å². The van der Waals surface area contributed by atoms with E-state index in [4.69, 9.17) is 27.9 Å². The highest BCUT2D eigenvalue weighted by Crippen LogP contribution is 2.62. The van der Waals surface area contributed by atoms with E-state index in [1.54, 1.807) is 72.8 Å². The number of phenolic OH excluding ortho intramolecular Hbond substituents is 1. The number of fused-ring (bicyclic) bond motifs is 4. The molecule has 3 fully saturated rings. The minimum atomic E-state index is -4.77. The van der Waals surface area contributed by atoms with E-state index in [0.29, 0.717) is 51.0 Å². The number of allylic oxidation sites excluding steroid dienone is 3. The quantitative estimate of drug-likeness (QED) is 0.0790. The van der Waals surface area contributed by atoms with Gasteiger partial charge in [-0.2, -0.15) is 28.4 Å². The van der Waals surface area contributed by atoms with Gasteiger partial charge in [-0.25, -0.2) is 4.98 Å². The SMILES string of the molecule is COc1cc(C=C[C@H]2C3=CC[C@@H]4C(=O)N(c5ccc(N=Nc6ccc(N(C)C)cc6)cc5)C(=O)[C@@H]4[C@@H]3C[C@H]3C(=O)N(Nc4ncc(C(F)(F)F)cc4Cl)C(=O)[C@@]23c2ccc(Cl)cc2)ccc1O. The van der Waals surface area contributed by atoms with Gasteiger partial charge >= 0.3 is 6.18 Å². The largest absolute Gasteiger partial charge is 0.504 e. The lowest BCUT2D eigenvalue weighted by molar-refractivity contribution is -0.139. The highest BCUT2D eigenvalue weighted by molar-refractivity contribution is 6.33. The number of amides is 4. The van der Waals surface area contributed by atoms with E-state index in [1.807, 2.05) is 49.3 Å². The van der Waals surface area contributed by atoms with E-state index >= 15 is 4.79 Å². The zero-order valence-corrected chi connectivity index (χ0v) is 37.4. The number of azo groups is 1. The van der Waals surface area contributed by atoms with Crippen LogP contribution in [0.2, 0.25) is 10.0 Å². The van der Waals surface area contributed by atoms with E-state index in [-0.39, 0.29) is 30.2 Å². The van der Waals surface area contributed by atoms with Gasteiger partial charge in [0, 0.05) is 36.9 Å².